The van der Waals surface area contributed by atoms with Crippen molar-refractivity contribution in [3.63, 3.8) is 0 Å². The number of nitrogens with zero attached hydrogens (tertiary/aromatic N) is 1. The number of halogens is 1. The number of hydrogen-bond acceptors (Lipinski definition) is 4. The zero-order valence-corrected chi connectivity index (χ0v) is 14.9. The third kappa shape index (κ3) is 4.15. The molecule has 2 saturated heterocycles. The fraction of sp³-hybridized carbons (Fsp3) is 0.933. The lowest BCUT2D eigenvalue weighted by Crippen LogP contribution is -2.44. The van der Waals surface area contributed by atoms with E-state index in [1.807, 2.05) is 4.90 Å². The van der Waals surface area contributed by atoms with Crippen LogP contribution in [0.25, 0.3) is 0 Å². The van der Waals surface area contributed by atoms with E-state index >= 15 is 0 Å². The number of likely N-dealkylation sites (tertiary alicyclic amines) is 1. The SMILES string of the molecule is CS(=O)(=O)CC1(CC(=O)N2CCC3(CCNC3)CC2)CC1.Cl. The molecule has 3 aliphatic rings. The summed E-state index contributed by atoms with van der Waals surface area (Å²) >= 11 is 0. The molecule has 22 heavy (non-hydrogen) atoms. The van der Waals surface area contributed by atoms with Crippen molar-refractivity contribution < 1.29 is 13.2 Å². The maximum atomic E-state index is 12.5. The molecular formula is C15H27ClN2O3S. The van der Waals surface area contributed by atoms with Crippen molar-refractivity contribution in [2.24, 2.45) is 10.8 Å². The number of amides is 1. The molecule has 1 amide bonds. The van der Waals surface area contributed by atoms with Gasteiger partial charge in [0.05, 0.1) is 5.75 Å². The Bertz CT molecular complexity index is 515. The second-order valence-corrected chi connectivity index (χ2v) is 9.69. The Labute approximate surface area is 139 Å². The Morgan fingerprint density at radius 2 is 1.77 bits per heavy atom. The number of carbonyl (C=O) groups is 1. The summed E-state index contributed by atoms with van der Waals surface area (Å²) in [4.78, 5) is 14.4. The summed E-state index contributed by atoms with van der Waals surface area (Å²) < 4.78 is 23.0. The van der Waals surface area contributed by atoms with Gasteiger partial charge in [-0.15, -0.1) is 12.4 Å². The molecule has 0 radical (unpaired) electrons. The van der Waals surface area contributed by atoms with E-state index in [9.17, 15) is 13.2 Å². The number of nitrogens with one attached hydrogen (secondary N) is 1. The number of carbonyl (C=O) groups excluding carboxylic acids is 1. The number of rotatable bonds is 4. The molecule has 0 aromatic heterocycles. The lowest BCUT2D eigenvalue weighted by atomic mass is 9.77. The van der Waals surface area contributed by atoms with Crippen LogP contribution in [-0.2, 0) is 14.6 Å². The first-order valence-corrected chi connectivity index (χ1v) is 10.0. The number of hydrogen-bond donors (Lipinski definition) is 1. The molecule has 1 N–H and O–H groups in total. The predicted octanol–water partition coefficient (Wildman–Crippen LogP) is 1.23. The van der Waals surface area contributed by atoms with Crippen LogP contribution in [0.1, 0.15) is 38.5 Å². The van der Waals surface area contributed by atoms with E-state index in [0.717, 1.165) is 51.9 Å². The predicted molar refractivity (Wildman–Crippen MR) is 89.0 cm³/mol. The fourth-order valence-electron chi connectivity index (χ4n) is 3.99. The first-order valence-electron chi connectivity index (χ1n) is 7.98. The highest BCUT2D eigenvalue weighted by atomic mass is 35.5. The van der Waals surface area contributed by atoms with Gasteiger partial charge in [0.25, 0.3) is 0 Å². The summed E-state index contributed by atoms with van der Waals surface area (Å²) in [5.41, 5.74) is 0.176. The van der Waals surface area contributed by atoms with Crippen LogP contribution in [0, 0.1) is 10.8 Å². The molecule has 2 aliphatic heterocycles. The van der Waals surface area contributed by atoms with Crippen LogP contribution in [0.4, 0.5) is 0 Å². The molecule has 0 aromatic rings. The van der Waals surface area contributed by atoms with Gasteiger partial charge in [-0.25, -0.2) is 8.42 Å². The van der Waals surface area contributed by atoms with Crippen LogP contribution in [0.5, 0.6) is 0 Å². The number of sulfone groups is 1. The van der Waals surface area contributed by atoms with Crippen LogP contribution in [-0.4, -0.2) is 57.4 Å². The quantitative estimate of drug-likeness (QED) is 0.828. The van der Waals surface area contributed by atoms with Gasteiger partial charge in [0, 0.05) is 32.3 Å². The van der Waals surface area contributed by atoms with E-state index in [4.69, 9.17) is 0 Å². The van der Waals surface area contributed by atoms with E-state index in [1.165, 1.54) is 12.7 Å². The van der Waals surface area contributed by atoms with Crippen LogP contribution in [0.2, 0.25) is 0 Å². The highest BCUT2D eigenvalue weighted by Crippen LogP contribution is 2.50. The largest absolute Gasteiger partial charge is 0.343 e. The van der Waals surface area contributed by atoms with Gasteiger partial charge in [-0.3, -0.25) is 4.79 Å². The van der Waals surface area contributed by atoms with Gasteiger partial charge in [-0.05, 0) is 49.5 Å². The van der Waals surface area contributed by atoms with E-state index in [1.54, 1.807) is 0 Å². The Morgan fingerprint density at radius 1 is 1.14 bits per heavy atom. The Hall–Kier alpha value is -0.330. The average Bonchev–Trinajstić information content (AvgIpc) is 2.96. The third-order valence-corrected chi connectivity index (χ3v) is 6.70. The minimum atomic E-state index is -2.99. The van der Waals surface area contributed by atoms with Gasteiger partial charge >= 0.3 is 0 Å². The van der Waals surface area contributed by atoms with Crippen LogP contribution in [0.15, 0.2) is 0 Å². The smallest absolute Gasteiger partial charge is 0.223 e. The fourth-order valence-corrected chi connectivity index (χ4v) is 5.49. The maximum Gasteiger partial charge on any atom is 0.223 e. The average molecular weight is 351 g/mol. The monoisotopic (exact) mass is 350 g/mol. The molecule has 2 heterocycles. The van der Waals surface area contributed by atoms with Crippen molar-refractivity contribution in [3.05, 3.63) is 0 Å². The molecule has 0 aromatic carbocycles. The summed E-state index contributed by atoms with van der Waals surface area (Å²) in [6.07, 6.45) is 6.87. The molecule has 3 rings (SSSR count). The van der Waals surface area contributed by atoms with E-state index in [0.29, 0.717) is 11.8 Å². The topological polar surface area (TPSA) is 66.5 Å². The molecular weight excluding hydrogens is 324 g/mol. The molecule has 0 atom stereocenters. The van der Waals surface area contributed by atoms with E-state index in [-0.39, 0.29) is 29.5 Å². The first kappa shape index (κ1) is 18.0. The van der Waals surface area contributed by atoms with Crippen molar-refractivity contribution in [1.82, 2.24) is 10.2 Å². The zero-order chi connectivity index (χ0) is 15.1. The van der Waals surface area contributed by atoms with Gasteiger partial charge in [0.2, 0.25) is 5.91 Å². The molecule has 0 bridgehead atoms. The summed E-state index contributed by atoms with van der Waals surface area (Å²) in [6.45, 7) is 3.88. The molecule has 128 valence electrons. The summed E-state index contributed by atoms with van der Waals surface area (Å²) in [5.74, 6) is 0.338. The molecule has 1 saturated carbocycles. The Morgan fingerprint density at radius 3 is 2.23 bits per heavy atom. The summed E-state index contributed by atoms with van der Waals surface area (Å²) in [6, 6.07) is 0. The third-order valence-electron chi connectivity index (χ3n) is 5.56. The first-order chi connectivity index (χ1) is 9.82. The van der Waals surface area contributed by atoms with E-state index in [2.05, 4.69) is 5.32 Å². The molecule has 0 unspecified atom stereocenters. The van der Waals surface area contributed by atoms with Crippen molar-refractivity contribution in [2.75, 3.05) is 38.2 Å². The van der Waals surface area contributed by atoms with Crippen LogP contribution < -0.4 is 5.32 Å². The normalized spacial score (nSPS) is 25.8. The van der Waals surface area contributed by atoms with Gasteiger partial charge in [-0.2, -0.15) is 0 Å². The summed E-state index contributed by atoms with van der Waals surface area (Å²) in [7, 11) is -2.99. The number of piperidine rings is 1. The minimum Gasteiger partial charge on any atom is -0.343 e. The second-order valence-electron chi connectivity index (χ2n) is 7.55. The van der Waals surface area contributed by atoms with Crippen LogP contribution >= 0.6 is 12.4 Å². The second kappa shape index (κ2) is 6.29. The lowest BCUT2D eigenvalue weighted by molar-refractivity contribution is -0.134. The minimum absolute atomic E-state index is 0. The highest BCUT2D eigenvalue weighted by Gasteiger charge is 2.48. The molecule has 5 nitrogen and oxygen atoms in total. The van der Waals surface area contributed by atoms with Crippen LogP contribution in [0.3, 0.4) is 0 Å². The Balaban J connectivity index is 0.00000176. The van der Waals surface area contributed by atoms with E-state index < -0.39 is 9.84 Å². The van der Waals surface area contributed by atoms with Crippen molar-refractivity contribution in [2.45, 2.75) is 38.5 Å². The molecule has 3 fully saturated rings. The molecule has 1 aliphatic carbocycles. The van der Waals surface area contributed by atoms with Gasteiger partial charge in [0.15, 0.2) is 0 Å². The molecule has 1 spiro atoms. The van der Waals surface area contributed by atoms with Gasteiger partial charge in [-0.1, -0.05) is 0 Å². The Kier molecular flexibility index (Phi) is 5.15. The van der Waals surface area contributed by atoms with Gasteiger partial charge in [0.1, 0.15) is 9.84 Å². The van der Waals surface area contributed by atoms with Crippen molar-refractivity contribution in [1.29, 1.82) is 0 Å². The maximum absolute atomic E-state index is 12.5. The molecule has 7 heteroatoms. The van der Waals surface area contributed by atoms with Gasteiger partial charge < -0.3 is 10.2 Å². The van der Waals surface area contributed by atoms with Crippen molar-refractivity contribution in [3.8, 4) is 0 Å². The lowest BCUT2D eigenvalue weighted by Gasteiger charge is -2.39. The summed E-state index contributed by atoms with van der Waals surface area (Å²) in [5, 5.41) is 3.43. The zero-order valence-electron chi connectivity index (χ0n) is 13.3. The van der Waals surface area contributed by atoms with Crippen molar-refractivity contribution >= 4 is 28.2 Å². The standard InChI is InChI=1S/C15H26N2O3S.ClH/c1-21(19,20)12-15(2-3-15)10-13(18)17-8-5-14(6-9-17)4-7-16-11-14;/h16H,2-12H2,1H3;1H. The highest BCUT2D eigenvalue weighted by molar-refractivity contribution is 7.90.